The topological polar surface area (TPSA) is 103 Å². The predicted octanol–water partition coefficient (Wildman–Crippen LogP) is 4.65. The van der Waals surface area contributed by atoms with Crippen LogP contribution in [0.5, 0.6) is 5.75 Å². The highest BCUT2D eigenvalue weighted by molar-refractivity contribution is 5.74. The molecular formula is C24H33FN6O3. The zero-order chi connectivity index (χ0) is 24.9. The summed E-state index contributed by atoms with van der Waals surface area (Å²) in [5.74, 6) is 0.296. The zero-order valence-electron chi connectivity index (χ0n) is 20.3. The molecule has 10 heteroatoms. The first-order chi connectivity index (χ1) is 16.1. The van der Waals surface area contributed by atoms with Gasteiger partial charge in [-0.3, -0.25) is 4.68 Å². The van der Waals surface area contributed by atoms with E-state index in [-0.39, 0.29) is 19.8 Å². The van der Waals surface area contributed by atoms with Crippen molar-refractivity contribution in [2.75, 3.05) is 19.0 Å². The second-order valence-corrected chi connectivity index (χ2v) is 8.84. The molecule has 1 atom stereocenters. The van der Waals surface area contributed by atoms with Gasteiger partial charge in [-0.25, -0.2) is 19.2 Å². The van der Waals surface area contributed by atoms with Gasteiger partial charge in [0, 0.05) is 32.8 Å². The van der Waals surface area contributed by atoms with Gasteiger partial charge < -0.3 is 20.1 Å². The second kappa shape index (κ2) is 10.5. The molecule has 0 bridgehead atoms. The minimum Gasteiger partial charge on any atom is -0.496 e. The number of benzene rings is 1. The Balaban J connectivity index is 0.00000432. The van der Waals surface area contributed by atoms with Crippen LogP contribution in [0.2, 0.25) is 0 Å². The Bertz CT molecular complexity index is 1150. The third-order valence-electron chi connectivity index (χ3n) is 4.95. The van der Waals surface area contributed by atoms with Gasteiger partial charge in [-0.2, -0.15) is 5.10 Å². The molecule has 34 heavy (non-hydrogen) atoms. The van der Waals surface area contributed by atoms with Crippen LogP contribution in [0.15, 0.2) is 36.8 Å². The first-order valence-corrected chi connectivity index (χ1v) is 11.0. The van der Waals surface area contributed by atoms with Gasteiger partial charge in [-0.05, 0) is 44.9 Å². The Morgan fingerprint density at radius 1 is 1.26 bits per heavy atom. The summed E-state index contributed by atoms with van der Waals surface area (Å²) in [7, 11) is 3.40. The Morgan fingerprint density at radius 2 is 2.03 bits per heavy atom. The fraction of sp³-hybridized carbons (Fsp3) is 0.417. The number of halogens is 1. The molecule has 2 aromatic heterocycles. The third kappa shape index (κ3) is 6.43. The Labute approximate surface area is 200 Å². The summed E-state index contributed by atoms with van der Waals surface area (Å²) < 4.78 is 27.0. The summed E-state index contributed by atoms with van der Waals surface area (Å²) in [6.45, 7) is 7.56. The molecule has 0 aliphatic rings. The molecule has 9 nitrogen and oxygen atoms in total. The van der Waals surface area contributed by atoms with E-state index in [2.05, 4.69) is 25.7 Å². The van der Waals surface area contributed by atoms with Gasteiger partial charge in [0.15, 0.2) is 17.5 Å². The molecule has 3 rings (SSSR count). The summed E-state index contributed by atoms with van der Waals surface area (Å²) in [4.78, 5) is 20.7. The Hall–Kier alpha value is -3.69. The average molecular weight is 473 g/mol. The smallest absolute Gasteiger partial charge is 0.407 e. The predicted molar refractivity (Wildman–Crippen MR) is 130 cm³/mol. The van der Waals surface area contributed by atoms with Crippen molar-refractivity contribution in [1.82, 2.24) is 25.1 Å². The molecular weight excluding hydrogens is 439 g/mol. The minimum absolute atomic E-state index is 0. The molecule has 2 N–H and O–H groups in total. The number of carbonyl (C=O) groups is 1. The number of nitrogens with zero attached hydrogens (tertiary/aromatic N) is 4. The number of ether oxygens (including phenoxy) is 2. The van der Waals surface area contributed by atoms with Crippen molar-refractivity contribution in [3.05, 3.63) is 42.6 Å². The van der Waals surface area contributed by atoms with Crippen LogP contribution < -0.4 is 15.4 Å². The highest BCUT2D eigenvalue weighted by Gasteiger charge is 2.20. The van der Waals surface area contributed by atoms with Gasteiger partial charge >= 0.3 is 6.09 Å². The number of hydrogen-bond donors (Lipinski definition) is 2. The van der Waals surface area contributed by atoms with Crippen molar-refractivity contribution in [3.8, 4) is 28.3 Å². The van der Waals surface area contributed by atoms with E-state index in [0.717, 1.165) is 17.3 Å². The van der Waals surface area contributed by atoms with Crippen LogP contribution in [-0.2, 0) is 11.8 Å². The third-order valence-corrected chi connectivity index (χ3v) is 4.95. The number of aryl methyl sites for hydroxylation is 1. The van der Waals surface area contributed by atoms with E-state index >= 15 is 0 Å². The minimum atomic E-state index is -0.604. The zero-order valence-corrected chi connectivity index (χ0v) is 20.3. The number of rotatable bonds is 8. The fourth-order valence-electron chi connectivity index (χ4n) is 3.24. The van der Waals surface area contributed by atoms with Crippen LogP contribution in [0.25, 0.3) is 22.5 Å². The van der Waals surface area contributed by atoms with E-state index in [1.807, 2.05) is 38.4 Å². The molecule has 0 unspecified atom stereocenters. The summed E-state index contributed by atoms with van der Waals surface area (Å²) >= 11 is 0. The van der Waals surface area contributed by atoms with Crippen molar-refractivity contribution < 1.29 is 20.1 Å². The number of nitrogens with one attached hydrogen (secondary N) is 2. The molecule has 1 aromatic carbocycles. The number of hydrogen-bond acceptors (Lipinski definition) is 7. The molecule has 0 aliphatic heterocycles. The summed E-state index contributed by atoms with van der Waals surface area (Å²) in [5, 5.41) is 9.97. The van der Waals surface area contributed by atoms with E-state index in [4.69, 9.17) is 9.47 Å². The molecule has 184 valence electrons. The lowest BCUT2D eigenvalue weighted by atomic mass is 10.0. The van der Waals surface area contributed by atoms with Gasteiger partial charge in [0.2, 0.25) is 0 Å². The molecule has 0 spiro atoms. The van der Waals surface area contributed by atoms with E-state index in [9.17, 15) is 9.18 Å². The van der Waals surface area contributed by atoms with Crippen molar-refractivity contribution in [1.29, 1.82) is 0 Å². The Kier molecular flexibility index (Phi) is 7.70. The van der Waals surface area contributed by atoms with E-state index in [1.54, 1.807) is 38.8 Å². The molecule has 0 aliphatic carbocycles. The number of alkyl carbamates (subject to hydrolysis) is 1. The van der Waals surface area contributed by atoms with Crippen LogP contribution in [0, 0.1) is 5.82 Å². The average Bonchev–Trinajstić information content (AvgIpc) is 3.22. The van der Waals surface area contributed by atoms with Gasteiger partial charge in [0.25, 0.3) is 0 Å². The van der Waals surface area contributed by atoms with E-state index < -0.39 is 17.5 Å². The molecule has 0 saturated heterocycles. The van der Waals surface area contributed by atoms with E-state index in [1.165, 1.54) is 0 Å². The summed E-state index contributed by atoms with van der Waals surface area (Å²) in [6.07, 6.45) is 4.86. The lowest BCUT2D eigenvalue weighted by Gasteiger charge is -2.23. The van der Waals surface area contributed by atoms with Crippen LogP contribution in [0.3, 0.4) is 0 Å². The quantitative estimate of drug-likeness (QED) is 0.492. The maximum atomic E-state index is 14.5. The summed E-state index contributed by atoms with van der Waals surface area (Å²) in [5.41, 5.74) is 1.84. The first kappa shape index (κ1) is 24.9. The number of amides is 1. The fourth-order valence-corrected chi connectivity index (χ4v) is 3.24. The molecule has 0 radical (unpaired) electrons. The number of anilines is 1. The molecule has 0 saturated carbocycles. The first-order valence-electron chi connectivity index (χ1n) is 11.0. The van der Waals surface area contributed by atoms with Crippen LogP contribution in [0.1, 0.15) is 35.5 Å². The molecule has 3 aromatic rings. The second-order valence-electron chi connectivity index (χ2n) is 8.84. The van der Waals surface area contributed by atoms with Crippen LogP contribution in [0.4, 0.5) is 15.0 Å². The van der Waals surface area contributed by atoms with Gasteiger partial charge in [0.1, 0.15) is 11.4 Å². The van der Waals surface area contributed by atoms with Gasteiger partial charge in [0.05, 0.1) is 25.1 Å². The Morgan fingerprint density at radius 3 is 2.65 bits per heavy atom. The largest absolute Gasteiger partial charge is 0.496 e. The maximum absolute atomic E-state index is 14.5. The summed E-state index contributed by atoms with van der Waals surface area (Å²) in [6, 6.07) is 5.33. The highest BCUT2D eigenvalue weighted by atomic mass is 19.1. The van der Waals surface area contributed by atoms with Crippen molar-refractivity contribution >= 4 is 11.9 Å². The standard InChI is InChI=1S/C24H31FN6O3.H2/c1-7-17(29-23(32)34-24(2,3)4)12-26-22-19(25)13-27-21(30-22)18-10-15(8-9-20(18)33-6)16-11-28-31(5)14-16;/h8-11,13-14,17H,7,12H2,1-6H3,(H,29,32)(H,26,27,30);1H/t17-;/m1./s1. The number of aromatic nitrogens is 4. The monoisotopic (exact) mass is 472 g/mol. The van der Waals surface area contributed by atoms with E-state index in [0.29, 0.717) is 23.6 Å². The lowest BCUT2D eigenvalue weighted by molar-refractivity contribution is 0.0506. The normalized spacial score (nSPS) is 12.2. The van der Waals surface area contributed by atoms with Gasteiger partial charge in [-0.1, -0.05) is 13.0 Å². The number of carbonyl (C=O) groups excluding carboxylic acids is 1. The van der Waals surface area contributed by atoms with Crippen molar-refractivity contribution in [2.45, 2.75) is 45.8 Å². The van der Waals surface area contributed by atoms with Crippen molar-refractivity contribution in [3.63, 3.8) is 0 Å². The molecule has 0 fully saturated rings. The molecule has 1 amide bonds. The van der Waals surface area contributed by atoms with Crippen LogP contribution in [-0.4, -0.2) is 51.1 Å². The SMILES string of the molecule is CC[C@H](CNc1nc(-c2cc(-c3cnn(C)c3)ccc2OC)ncc1F)NC(=O)OC(C)(C)C.[HH]. The van der Waals surface area contributed by atoms with Crippen LogP contribution >= 0.6 is 0 Å². The lowest BCUT2D eigenvalue weighted by Crippen LogP contribution is -2.42. The number of methoxy groups -OCH3 is 1. The van der Waals surface area contributed by atoms with Gasteiger partial charge in [-0.15, -0.1) is 0 Å². The highest BCUT2D eigenvalue weighted by Crippen LogP contribution is 2.33. The van der Waals surface area contributed by atoms with Crippen molar-refractivity contribution in [2.24, 2.45) is 7.05 Å². The molecule has 2 heterocycles. The maximum Gasteiger partial charge on any atom is 0.407 e.